The first-order valence-corrected chi connectivity index (χ1v) is 14.5. The molecule has 222 valence electrons. The molecule has 1 aromatic rings. The van der Waals surface area contributed by atoms with E-state index in [0.29, 0.717) is 50.3 Å². The van der Waals surface area contributed by atoms with Crippen molar-refractivity contribution in [3.05, 3.63) is 29.2 Å². The molecule has 5 unspecified atom stereocenters. The third-order valence-electron chi connectivity index (χ3n) is 9.61. The maximum atomic E-state index is 15.4. The van der Waals surface area contributed by atoms with Crippen molar-refractivity contribution >= 4 is 23.4 Å². The summed E-state index contributed by atoms with van der Waals surface area (Å²) in [6, 6.07) is 4.40. The van der Waals surface area contributed by atoms with Crippen LogP contribution in [0.3, 0.4) is 0 Å². The summed E-state index contributed by atoms with van der Waals surface area (Å²) in [4.78, 5) is 28.4. The third kappa shape index (κ3) is 5.46. The molecule has 10 nitrogen and oxygen atoms in total. The Bertz CT molecular complexity index is 1110. The van der Waals surface area contributed by atoms with Crippen molar-refractivity contribution in [3.8, 4) is 0 Å². The van der Waals surface area contributed by atoms with Gasteiger partial charge in [-0.2, -0.15) is 0 Å². The van der Waals surface area contributed by atoms with Crippen molar-refractivity contribution in [2.45, 2.75) is 83.8 Å². The fourth-order valence-electron chi connectivity index (χ4n) is 7.11. The second kappa shape index (κ2) is 11.2. The number of hydroxylamine groups is 2. The van der Waals surface area contributed by atoms with Crippen LogP contribution in [-0.4, -0.2) is 74.0 Å². The van der Waals surface area contributed by atoms with E-state index in [2.05, 4.69) is 13.8 Å². The molecule has 3 heterocycles. The second-order valence-corrected chi connectivity index (χ2v) is 12.6. The van der Waals surface area contributed by atoms with E-state index in [-0.39, 0.29) is 42.2 Å². The normalized spacial score (nSPS) is 33.0. The number of piperidine rings is 1. The number of nitrogens with zero attached hydrogens (tertiary/aromatic N) is 2. The number of anilines is 2. The summed E-state index contributed by atoms with van der Waals surface area (Å²) >= 11 is 0. The van der Waals surface area contributed by atoms with Crippen LogP contribution in [0.2, 0.25) is 0 Å². The van der Waals surface area contributed by atoms with E-state index >= 15 is 4.39 Å². The van der Waals surface area contributed by atoms with Crippen LogP contribution >= 0.6 is 0 Å². The molecule has 1 spiro atoms. The van der Waals surface area contributed by atoms with Gasteiger partial charge < -0.3 is 34.5 Å². The molecule has 0 bridgehead atoms. The number of hydrogen-bond donors (Lipinski definition) is 2. The van der Waals surface area contributed by atoms with Gasteiger partial charge in [-0.25, -0.2) is 14.0 Å². The predicted molar refractivity (Wildman–Crippen MR) is 145 cm³/mol. The fraction of sp³-hybridized carbons (Fsp3) is 0.724. The van der Waals surface area contributed by atoms with Crippen molar-refractivity contribution in [2.24, 2.45) is 17.3 Å². The van der Waals surface area contributed by atoms with Crippen molar-refractivity contribution in [2.75, 3.05) is 42.6 Å². The van der Waals surface area contributed by atoms with Crippen molar-refractivity contribution in [1.82, 2.24) is 0 Å². The van der Waals surface area contributed by atoms with Gasteiger partial charge in [0.1, 0.15) is 18.0 Å². The number of rotatable bonds is 6. The Morgan fingerprint density at radius 1 is 1.27 bits per heavy atom. The summed E-state index contributed by atoms with van der Waals surface area (Å²) in [6.45, 7) is 9.12. The lowest BCUT2D eigenvalue weighted by Crippen LogP contribution is -3.14. The average molecular weight is 564 g/mol. The highest BCUT2D eigenvalue weighted by atomic mass is 19.1. The number of hydrogen-bond acceptors (Lipinski definition) is 8. The van der Waals surface area contributed by atoms with Gasteiger partial charge in [0, 0.05) is 43.7 Å². The third-order valence-corrected chi connectivity index (χ3v) is 9.61. The summed E-state index contributed by atoms with van der Waals surface area (Å²) in [5, 5.41) is 21.8. The van der Waals surface area contributed by atoms with Gasteiger partial charge in [-0.3, -0.25) is 4.90 Å². The second-order valence-electron chi connectivity index (χ2n) is 12.6. The zero-order valence-corrected chi connectivity index (χ0v) is 23.9. The lowest BCUT2D eigenvalue weighted by Gasteiger charge is -2.48. The smallest absolute Gasteiger partial charge is 0.414 e. The molecular formula is C29H42FN3O7. The van der Waals surface area contributed by atoms with Gasteiger partial charge in [-0.1, -0.05) is 20.8 Å². The highest BCUT2D eigenvalue weighted by Crippen LogP contribution is 2.46. The Morgan fingerprint density at radius 3 is 2.60 bits per heavy atom. The number of halogens is 1. The molecule has 0 radical (unpaired) electrons. The SMILES string of the molecule is CC(=O)[NH+]([O-])C1C[C@@](C)(C2CN(c3ccc(N4CCC5(CC4)OCC(CO)O5)c(F)c3)C(=O)O2)CCC1C(C)C. The van der Waals surface area contributed by atoms with E-state index in [1.165, 1.54) is 17.9 Å². The highest BCUT2D eigenvalue weighted by Gasteiger charge is 2.51. The molecule has 11 heteroatoms. The van der Waals surface area contributed by atoms with Crippen LogP contribution in [0, 0.1) is 28.3 Å². The van der Waals surface area contributed by atoms with Crippen molar-refractivity contribution in [3.63, 3.8) is 0 Å². The number of quaternary nitrogens is 1. The standard InChI is InChI=1S/C29H42FN3O7/c1-18(2)22-7-8-28(4,14-25(22)33(37)19(3)35)26-15-32(27(36)39-26)20-5-6-24(23(30)13-20)31-11-9-29(10-12-31)38-17-21(16-34)40-29/h5-6,13,18,21-22,25-26,33-34H,7-12,14-17H2,1-4H3/t21?,22?,25?,26?,28-/m0/s1. The van der Waals surface area contributed by atoms with Crippen LogP contribution < -0.4 is 14.9 Å². The van der Waals surface area contributed by atoms with E-state index in [9.17, 15) is 19.9 Å². The summed E-state index contributed by atoms with van der Waals surface area (Å²) in [7, 11) is 0. The monoisotopic (exact) mass is 563 g/mol. The summed E-state index contributed by atoms with van der Waals surface area (Å²) in [5.74, 6) is -1.19. The van der Waals surface area contributed by atoms with Crippen molar-refractivity contribution < 1.29 is 38.4 Å². The molecule has 2 amide bonds. The molecule has 3 saturated heterocycles. The Labute approximate surface area is 234 Å². The first-order valence-electron chi connectivity index (χ1n) is 14.5. The van der Waals surface area contributed by atoms with E-state index in [1.807, 2.05) is 11.8 Å². The molecule has 1 aliphatic carbocycles. The Balaban J connectivity index is 1.25. The first-order chi connectivity index (χ1) is 18.9. The van der Waals surface area contributed by atoms with Crippen LogP contribution in [0.5, 0.6) is 0 Å². The Hall–Kier alpha value is -2.31. The van der Waals surface area contributed by atoms with Gasteiger partial charge >= 0.3 is 12.0 Å². The topological polar surface area (TPSA) is 116 Å². The van der Waals surface area contributed by atoms with Gasteiger partial charge in [0.25, 0.3) is 0 Å². The number of nitrogens with one attached hydrogen (secondary N) is 1. The molecule has 5 rings (SSSR count). The van der Waals surface area contributed by atoms with Crippen molar-refractivity contribution in [1.29, 1.82) is 0 Å². The minimum atomic E-state index is -0.715. The summed E-state index contributed by atoms with van der Waals surface area (Å²) in [6.07, 6.45) is 1.85. The molecule has 1 aromatic carbocycles. The number of aliphatic hydroxyl groups excluding tert-OH is 1. The molecule has 0 aromatic heterocycles. The van der Waals surface area contributed by atoms with Crippen LogP contribution in [0.25, 0.3) is 0 Å². The molecule has 6 atom stereocenters. The largest absolute Gasteiger partial charge is 0.627 e. The van der Waals surface area contributed by atoms with Crippen LogP contribution in [0.1, 0.15) is 59.8 Å². The number of ether oxygens (including phenoxy) is 3. The minimum Gasteiger partial charge on any atom is -0.627 e. The summed E-state index contributed by atoms with van der Waals surface area (Å²) < 4.78 is 32.9. The minimum absolute atomic E-state index is 0.0872. The van der Waals surface area contributed by atoms with E-state index in [4.69, 9.17) is 14.2 Å². The van der Waals surface area contributed by atoms with Gasteiger partial charge in [-0.15, -0.1) is 0 Å². The maximum Gasteiger partial charge on any atom is 0.414 e. The number of benzene rings is 1. The zero-order valence-electron chi connectivity index (χ0n) is 23.9. The van der Waals surface area contributed by atoms with Crippen LogP contribution in [0.15, 0.2) is 18.2 Å². The molecule has 2 N–H and O–H groups in total. The first kappa shape index (κ1) is 29.2. The van der Waals surface area contributed by atoms with Crippen LogP contribution in [0.4, 0.5) is 20.6 Å². The molecule has 4 fully saturated rings. The fourth-order valence-corrected chi connectivity index (χ4v) is 7.11. The van der Waals surface area contributed by atoms with Crippen LogP contribution in [-0.2, 0) is 19.0 Å². The molecule has 40 heavy (non-hydrogen) atoms. The number of cyclic esters (lactones) is 1. The molecule has 1 saturated carbocycles. The Morgan fingerprint density at radius 2 is 2.00 bits per heavy atom. The van der Waals surface area contributed by atoms with Gasteiger partial charge in [0.2, 0.25) is 0 Å². The molecule has 3 aliphatic heterocycles. The Kier molecular flexibility index (Phi) is 8.15. The quantitative estimate of drug-likeness (QED) is 0.508. The number of carbonyl (C=O) groups is 2. The van der Waals surface area contributed by atoms with E-state index in [1.54, 1.807) is 12.1 Å². The van der Waals surface area contributed by atoms with E-state index < -0.39 is 35.1 Å². The lowest BCUT2D eigenvalue weighted by molar-refractivity contribution is -0.804. The number of carbonyl (C=O) groups excluding carboxylic acids is 2. The van der Waals surface area contributed by atoms with Gasteiger partial charge in [-0.05, 0) is 37.0 Å². The summed E-state index contributed by atoms with van der Waals surface area (Å²) in [5.41, 5.74) is 0.406. The highest BCUT2D eigenvalue weighted by molar-refractivity contribution is 5.90. The maximum absolute atomic E-state index is 15.4. The van der Waals surface area contributed by atoms with Gasteiger partial charge in [0.15, 0.2) is 5.79 Å². The van der Waals surface area contributed by atoms with Gasteiger partial charge in [0.05, 0.1) is 44.1 Å². The predicted octanol–water partition coefficient (Wildman–Crippen LogP) is 2.62. The number of aliphatic hydroxyl groups is 1. The average Bonchev–Trinajstić information content (AvgIpc) is 3.52. The van der Waals surface area contributed by atoms with E-state index in [0.717, 1.165) is 12.8 Å². The molecule has 4 aliphatic rings. The zero-order chi connectivity index (χ0) is 28.8. The number of amides is 2. The lowest BCUT2D eigenvalue weighted by atomic mass is 9.64. The molecular weight excluding hydrogens is 521 g/mol.